The first-order valence-electron chi connectivity index (χ1n) is 7.80. The van der Waals surface area contributed by atoms with Gasteiger partial charge in [0, 0.05) is 6.54 Å². The van der Waals surface area contributed by atoms with Gasteiger partial charge in [0.25, 0.3) is 0 Å². The van der Waals surface area contributed by atoms with Crippen molar-refractivity contribution < 1.29 is 4.79 Å². The molecule has 1 aliphatic carbocycles. The molecule has 2 aliphatic rings. The quantitative estimate of drug-likeness (QED) is 0.835. The second-order valence-electron chi connectivity index (χ2n) is 6.04. The molecule has 2 N–H and O–H groups in total. The summed E-state index contributed by atoms with van der Waals surface area (Å²) >= 11 is 0. The van der Waals surface area contributed by atoms with E-state index in [4.69, 9.17) is 0 Å². The minimum absolute atomic E-state index is 0. The molecule has 112 valence electrons. The largest absolute Gasteiger partial charge is 0.354 e. The van der Waals surface area contributed by atoms with Crippen LogP contribution < -0.4 is 10.6 Å². The van der Waals surface area contributed by atoms with Crippen LogP contribution in [-0.4, -0.2) is 25.0 Å². The molecule has 1 saturated carbocycles. The normalized spacial score (nSPS) is 31.3. The fourth-order valence-electron chi connectivity index (χ4n) is 3.29. The first kappa shape index (κ1) is 16.8. The summed E-state index contributed by atoms with van der Waals surface area (Å²) in [4.78, 5) is 12.0. The second kappa shape index (κ2) is 8.80. The standard InChI is InChI=1S/C15H28N2O.ClH/c1-2-12-6-8-13(9-7-12)11-17-15(18)14-5-3-4-10-16-14;/h12-14,16H,2-11H2,1H3,(H,17,18);1H/t12?,13?,14-;/m1./s1. The lowest BCUT2D eigenvalue weighted by Crippen LogP contribution is -2.47. The number of amides is 1. The van der Waals surface area contributed by atoms with Crippen LogP contribution >= 0.6 is 12.4 Å². The molecule has 4 heteroatoms. The third kappa shape index (κ3) is 5.31. The number of hydrogen-bond acceptors (Lipinski definition) is 2. The molecule has 0 aromatic heterocycles. The van der Waals surface area contributed by atoms with Gasteiger partial charge in [-0.25, -0.2) is 0 Å². The third-order valence-corrected chi connectivity index (χ3v) is 4.74. The van der Waals surface area contributed by atoms with Gasteiger partial charge < -0.3 is 10.6 Å². The van der Waals surface area contributed by atoms with Gasteiger partial charge in [-0.3, -0.25) is 4.79 Å². The number of carbonyl (C=O) groups excluding carboxylic acids is 1. The summed E-state index contributed by atoms with van der Waals surface area (Å²) in [5.74, 6) is 1.89. The van der Waals surface area contributed by atoms with E-state index in [1.165, 1.54) is 44.9 Å². The number of rotatable bonds is 4. The molecular weight excluding hydrogens is 260 g/mol. The highest BCUT2D eigenvalue weighted by atomic mass is 35.5. The Morgan fingerprint density at radius 1 is 1.11 bits per heavy atom. The van der Waals surface area contributed by atoms with E-state index in [9.17, 15) is 4.79 Å². The van der Waals surface area contributed by atoms with E-state index in [-0.39, 0.29) is 24.4 Å². The fourth-order valence-corrected chi connectivity index (χ4v) is 3.29. The van der Waals surface area contributed by atoms with E-state index in [1.54, 1.807) is 0 Å². The van der Waals surface area contributed by atoms with Crippen LogP contribution in [0.15, 0.2) is 0 Å². The van der Waals surface area contributed by atoms with Crippen molar-refractivity contribution in [2.45, 2.75) is 64.3 Å². The van der Waals surface area contributed by atoms with Crippen molar-refractivity contribution in [2.24, 2.45) is 11.8 Å². The average molecular weight is 289 g/mol. The summed E-state index contributed by atoms with van der Waals surface area (Å²) in [6.45, 7) is 4.19. The topological polar surface area (TPSA) is 41.1 Å². The first-order valence-corrected chi connectivity index (χ1v) is 7.80. The van der Waals surface area contributed by atoms with Crippen molar-refractivity contribution in [3.63, 3.8) is 0 Å². The van der Waals surface area contributed by atoms with Gasteiger partial charge in [-0.1, -0.05) is 32.6 Å². The van der Waals surface area contributed by atoms with Gasteiger partial charge in [-0.05, 0) is 44.1 Å². The molecule has 1 saturated heterocycles. The number of halogens is 1. The van der Waals surface area contributed by atoms with Gasteiger partial charge in [0.1, 0.15) is 0 Å². The van der Waals surface area contributed by atoms with Gasteiger partial charge in [-0.15, -0.1) is 12.4 Å². The molecule has 1 amide bonds. The maximum Gasteiger partial charge on any atom is 0.237 e. The maximum absolute atomic E-state index is 12.0. The van der Waals surface area contributed by atoms with Gasteiger partial charge in [0.15, 0.2) is 0 Å². The maximum atomic E-state index is 12.0. The highest BCUT2D eigenvalue weighted by Gasteiger charge is 2.23. The third-order valence-electron chi connectivity index (χ3n) is 4.74. The SMILES string of the molecule is CCC1CCC(CNC(=O)[C@H]2CCCCN2)CC1.Cl. The Bertz CT molecular complexity index is 259. The molecule has 0 aromatic rings. The summed E-state index contributed by atoms with van der Waals surface area (Å²) in [5.41, 5.74) is 0. The number of carbonyl (C=O) groups is 1. The molecule has 0 spiro atoms. The van der Waals surface area contributed by atoms with Crippen LogP contribution in [0.4, 0.5) is 0 Å². The van der Waals surface area contributed by atoms with E-state index in [2.05, 4.69) is 17.6 Å². The van der Waals surface area contributed by atoms with Crippen molar-refractivity contribution in [3.8, 4) is 0 Å². The Labute approximate surface area is 123 Å². The Morgan fingerprint density at radius 3 is 2.37 bits per heavy atom. The Kier molecular flexibility index (Phi) is 7.77. The van der Waals surface area contributed by atoms with E-state index in [0.717, 1.165) is 31.3 Å². The highest BCUT2D eigenvalue weighted by Crippen LogP contribution is 2.30. The van der Waals surface area contributed by atoms with E-state index >= 15 is 0 Å². The van der Waals surface area contributed by atoms with Crippen molar-refractivity contribution in [3.05, 3.63) is 0 Å². The van der Waals surface area contributed by atoms with Crippen molar-refractivity contribution >= 4 is 18.3 Å². The molecule has 1 aliphatic heterocycles. The Morgan fingerprint density at radius 2 is 1.79 bits per heavy atom. The minimum Gasteiger partial charge on any atom is -0.354 e. The van der Waals surface area contributed by atoms with Crippen molar-refractivity contribution in [1.82, 2.24) is 10.6 Å². The van der Waals surface area contributed by atoms with Gasteiger partial charge in [-0.2, -0.15) is 0 Å². The Hall–Kier alpha value is -0.280. The van der Waals surface area contributed by atoms with E-state index in [1.807, 2.05) is 0 Å². The monoisotopic (exact) mass is 288 g/mol. The Balaban J connectivity index is 0.00000180. The molecule has 19 heavy (non-hydrogen) atoms. The molecule has 1 atom stereocenters. The van der Waals surface area contributed by atoms with Crippen LogP contribution in [-0.2, 0) is 4.79 Å². The molecular formula is C15H29ClN2O. The molecule has 1 heterocycles. The van der Waals surface area contributed by atoms with E-state index < -0.39 is 0 Å². The zero-order valence-corrected chi connectivity index (χ0v) is 12.9. The zero-order chi connectivity index (χ0) is 12.8. The van der Waals surface area contributed by atoms with Crippen molar-refractivity contribution in [2.75, 3.05) is 13.1 Å². The summed E-state index contributed by atoms with van der Waals surface area (Å²) in [7, 11) is 0. The number of nitrogens with one attached hydrogen (secondary N) is 2. The molecule has 0 aromatic carbocycles. The number of hydrogen-bond donors (Lipinski definition) is 2. The summed E-state index contributed by atoms with van der Waals surface area (Å²) in [6, 6.07) is 0.0748. The van der Waals surface area contributed by atoms with Crippen molar-refractivity contribution in [1.29, 1.82) is 0 Å². The second-order valence-corrected chi connectivity index (χ2v) is 6.04. The van der Waals surface area contributed by atoms with E-state index in [0.29, 0.717) is 0 Å². The van der Waals surface area contributed by atoms with Gasteiger partial charge in [0.2, 0.25) is 5.91 Å². The van der Waals surface area contributed by atoms with Crippen LogP contribution in [0.25, 0.3) is 0 Å². The number of piperidine rings is 1. The average Bonchev–Trinajstić information content (AvgIpc) is 2.46. The lowest BCUT2D eigenvalue weighted by Gasteiger charge is -2.29. The molecule has 0 radical (unpaired) electrons. The van der Waals surface area contributed by atoms with Crippen LogP contribution in [0.3, 0.4) is 0 Å². The molecule has 2 fully saturated rings. The highest BCUT2D eigenvalue weighted by molar-refractivity contribution is 5.85. The lowest BCUT2D eigenvalue weighted by molar-refractivity contribution is -0.123. The van der Waals surface area contributed by atoms with Gasteiger partial charge in [0.05, 0.1) is 6.04 Å². The summed E-state index contributed by atoms with van der Waals surface area (Å²) < 4.78 is 0. The van der Waals surface area contributed by atoms with Crippen LogP contribution in [0.5, 0.6) is 0 Å². The minimum atomic E-state index is 0. The first-order chi connectivity index (χ1) is 8.79. The molecule has 3 nitrogen and oxygen atoms in total. The predicted octanol–water partition coefficient (Wildman–Crippen LogP) is 2.88. The summed E-state index contributed by atoms with van der Waals surface area (Å²) in [5, 5.41) is 6.46. The molecule has 0 bridgehead atoms. The zero-order valence-electron chi connectivity index (χ0n) is 12.1. The smallest absolute Gasteiger partial charge is 0.237 e. The van der Waals surface area contributed by atoms with Crippen LogP contribution in [0.2, 0.25) is 0 Å². The van der Waals surface area contributed by atoms with Gasteiger partial charge >= 0.3 is 0 Å². The van der Waals surface area contributed by atoms with Crippen LogP contribution in [0, 0.1) is 11.8 Å². The molecule has 2 rings (SSSR count). The predicted molar refractivity (Wildman–Crippen MR) is 81.6 cm³/mol. The summed E-state index contributed by atoms with van der Waals surface area (Å²) in [6.07, 6.45) is 10.1. The van der Waals surface area contributed by atoms with Crippen LogP contribution in [0.1, 0.15) is 58.3 Å². The molecule has 0 unspecified atom stereocenters. The lowest BCUT2D eigenvalue weighted by atomic mass is 9.81. The fraction of sp³-hybridized carbons (Fsp3) is 0.933.